The van der Waals surface area contributed by atoms with Crippen LogP contribution in [-0.4, -0.2) is 22.6 Å². The van der Waals surface area contributed by atoms with Crippen LogP contribution in [0, 0.1) is 5.92 Å². The standard InChI is InChI=1S/C10H14BrN3O/c11-8-5-13-10(14-6-8)15-9-3-1-2-7(9)4-12/h5-7,9H,1-4,12H2. The van der Waals surface area contributed by atoms with Crippen molar-refractivity contribution in [3.63, 3.8) is 0 Å². The fraction of sp³-hybridized carbons (Fsp3) is 0.600. The van der Waals surface area contributed by atoms with Crippen LogP contribution in [0.1, 0.15) is 19.3 Å². The Morgan fingerprint density at radius 2 is 2.13 bits per heavy atom. The largest absolute Gasteiger partial charge is 0.460 e. The third-order valence-corrected chi connectivity index (χ3v) is 3.16. The minimum absolute atomic E-state index is 0.191. The topological polar surface area (TPSA) is 61.0 Å². The number of hydrogen-bond donors (Lipinski definition) is 1. The van der Waals surface area contributed by atoms with E-state index < -0.39 is 0 Å². The van der Waals surface area contributed by atoms with Crippen LogP contribution in [0.5, 0.6) is 6.01 Å². The Bertz CT molecular complexity index is 317. The minimum Gasteiger partial charge on any atom is -0.460 e. The fourth-order valence-electron chi connectivity index (χ4n) is 1.92. The van der Waals surface area contributed by atoms with Crippen LogP contribution in [0.4, 0.5) is 0 Å². The van der Waals surface area contributed by atoms with Crippen LogP contribution in [0.25, 0.3) is 0 Å². The second-order valence-corrected chi connectivity index (χ2v) is 4.68. The van der Waals surface area contributed by atoms with Crippen molar-refractivity contribution in [3.8, 4) is 6.01 Å². The van der Waals surface area contributed by atoms with E-state index in [0.717, 1.165) is 17.3 Å². The molecule has 1 aliphatic rings. The number of rotatable bonds is 3. The maximum atomic E-state index is 5.71. The molecule has 1 aliphatic carbocycles. The summed E-state index contributed by atoms with van der Waals surface area (Å²) in [5, 5.41) is 0. The molecule has 1 heterocycles. The summed E-state index contributed by atoms with van der Waals surface area (Å²) in [6, 6.07) is 0.448. The molecule has 4 nitrogen and oxygen atoms in total. The van der Waals surface area contributed by atoms with E-state index in [9.17, 15) is 0 Å². The van der Waals surface area contributed by atoms with E-state index in [2.05, 4.69) is 25.9 Å². The molecular weight excluding hydrogens is 258 g/mol. The molecule has 2 rings (SSSR count). The van der Waals surface area contributed by atoms with Gasteiger partial charge in [0.25, 0.3) is 0 Å². The van der Waals surface area contributed by atoms with Crippen LogP contribution in [-0.2, 0) is 0 Å². The van der Waals surface area contributed by atoms with Crippen LogP contribution in [0.2, 0.25) is 0 Å². The van der Waals surface area contributed by atoms with Gasteiger partial charge in [-0.05, 0) is 41.7 Å². The van der Waals surface area contributed by atoms with Crippen molar-refractivity contribution < 1.29 is 4.74 Å². The highest BCUT2D eigenvalue weighted by molar-refractivity contribution is 9.10. The number of ether oxygens (including phenoxy) is 1. The van der Waals surface area contributed by atoms with Crippen molar-refractivity contribution in [1.82, 2.24) is 9.97 Å². The molecular formula is C10H14BrN3O. The normalized spacial score (nSPS) is 25.5. The summed E-state index contributed by atoms with van der Waals surface area (Å²) in [6.45, 7) is 0.682. The molecule has 5 heteroatoms. The molecule has 0 saturated heterocycles. The summed E-state index contributed by atoms with van der Waals surface area (Å²) in [7, 11) is 0. The minimum atomic E-state index is 0.191. The first-order valence-electron chi connectivity index (χ1n) is 5.14. The van der Waals surface area contributed by atoms with Crippen LogP contribution < -0.4 is 10.5 Å². The van der Waals surface area contributed by atoms with E-state index in [1.165, 1.54) is 6.42 Å². The maximum absolute atomic E-state index is 5.71. The van der Waals surface area contributed by atoms with Crippen LogP contribution >= 0.6 is 15.9 Å². The second kappa shape index (κ2) is 4.90. The van der Waals surface area contributed by atoms with E-state index in [4.69, 9.17) is 10.5 Å². The van der Waals surface area contributed by atoms with E-state index >= 15 is 0 Å². The Morgan fingerprint density at radius 3 is 2.80 bits per heavy atom. The molecule has 0 radical (unpaired) electrons. The first-order chi connectivity index (χ1) is 7.29. The molecule has 0 aliphatic heterocycles. The van der Waals surface area contributed by atoms with Crippen molar-refractivity contribution in [3.05, 3.63) is 16.9 Å². The van der Waals surface area contributed by atoms with Gasteiger partial charge in [-0.15, -0.1) is 0 Å². The fourth-order valence-corrected chi connectivity index (χ4v) is 2.13. The van der Waals surface area contributed by atoms with Crippen molar-refractivity contribution in [1.29, 1.82) is 0 Å². The number of halogens is 1. The average molecular weight is 272 g/mol. The van der Waals surface area contributed by atoms with E-state index in [0.29, 0.717) is 18.5 Å². The van der Waals surface area contributed by atoms with Crippen LogP contribution in [0.15, 0.2) is 16.9 Å². The molecule has 0 bridgehead atoms. The molecule has 1 fully saturated rings. The van der Waals surface area contributed by atoms with Gasteiger partial charge in [0.15, 0.2) is 0 Å². The van der Waals surface area contributed by atoms with Gasteiger partial charge in [0, 0.05) is 18.3 Å². The first kappa shape index (κ1) is 10.8. The lowest BCUT2D eigenvalue weighted by atomic mass is 10.1. The second-order valence-electron chi connectivity index (χ2n) is 3.77. The Kier molecular flexibility index (Phi) is 3.53. The molecule has 2 unspecified atom stereocenters. The molecule has 0 amide bonds. The van der Waals surface area contributed by atoms with E-state index in [1.807, 2.05) is 0 Å². The van der Waals surface area contributed by atoms with Gasteiger partial charge in [-0.3, -0.25) is 0 Å². The predicted octanol–water partition coefficient (Wildman–Crippen LogP) is 1.75. The SMILES string of the molecule is NCC1CCCC1Oc1ncc(Br)cn1. The van der Waals surface area contributed by atoms with Crippen LogP contribution in [0.3, 0.4) is 0 Å². The number of aromatic nitrogens is 2. The number of nitrogens with zero attached hydrogens (tertiary/aromatic N) is 2. The molecule has 82 valence electrons. The average Bonchev–Trinajstić information content (AvgIpc) is 2.69. The van der Waals surface area contributed by atoms with Gasteiger partial charge in [-0.1, -0.05) is 0 Å². The van der Waals surface area contributed by atoms with E-state index in [-0.39, 0.29) is 6.10 Å². The van der Waals surface area contributed by atoms with Crippen molar-refractivity contribution >= 4 is 15.9 Å². The summed E-state index contributed by atoms with van der Waals surface area (Å²) < 4.78 is 6.57. The quantitative estimate of drug-likeness (QED) is 0.910. The van der Waals surface area contributed by atoms with Crippen molar-refractivity contribution in [2.45, 2.75) is 25.4 Å². The summed E-state index contributed by atoms with van der Waals surface area (Å²) in [4.78, 5) is 8.18. The lowest BCUT2D eigenvalue weighted by Crippen LogP contribution is -2.28. The molecule has 1 aromatic heterocycles. The Morgan fingerprint density at radius 1 is 1.40 bits per heavy atom. The van der Waals surface area contributed by atoms with Gasteiger partial charge in [0.2, 0.25) is 0 Å². The Hall–Kier alpha value is -0.680. The Balaban J connectivity index is 1.99. The predicted molar refractivity (Wildman–Crippen MR) is 60.5 cm³/mol. The lowest BCUT2D eigenvalue weighted by molar-refractivity contribution is 0.148. The van der Waals surface area contributed by atoms with Crippen molar-refractivity contribution in [2.24, 2.45) is 11.7 Å². The maximum Gasteiger partial charge on any atom is 0.316 e. The van der Waals surface area contributed by atoms with Gasteiger partial charge in [-0.25, -0.2) is 9.97 Å². The van der Waals surface area contributed by atoms with Gasteiger partial charge in [-0.2, -0.15) is 0 Å². The molecule has 1 saturated carbocycles. The third kappa shape index (κ3) is 2.66. The number of hydrogen-bond acceptors (Lipinski definition) is 4. The third-order valence-electron chi connectivity index (χ3n) is 2.75. The van der Waals surface area contributed by atoms with Gasteiger partial charge < -0.3 is 10.5 Å². The smallest absolute Gasteiger partial charge is 0.316 e. The highest BCUT2D eigenvalue weighted by Gasteiger charge is 2.28. The zero-order valence-electron chi connectivity index (χ0n) is 8.40. The Labute approximate surface area is 97.4 Å². The van der Waals surface area contributed by atoms with Gasteiger partial charge in [0.1, 0.15) is 6.10 Å². The molecule has 2 atom stereocenters. The molecule has 2 N–H and O–H groups in total. The monoisotopic (exact) mass is 271 g/mol. The molecule has 1 aromatic rings. The highest BCUT2D eigenvalue weighted by atomic mass is 79.9. The zero-order chi connectivity index (χ0) is 10.7. The zero-order valence-corrected chi connectivity index (χ0v) is 9.98. The molecule has 0 aromatic carbocycles. The summed E-state index contributed by atoms with van der Waals surface area (Å²) in [6.07, 6.45) is 6.96. The summed E-state index contributed by atoms with van der Waals surface area (Å²) in [5.41, 5.74) is 5.67. The summed E-state index contributed by atoms with van der Waals surface area (Å²) >= 11 is 3.28. The van der Waals surface area contributed by atoms with Gasteiger partial charge in [0.05, 0.1) is 4.47 Å². The molecule has 15 heavy (non-hydrogen) atoms. The molecule has 0 spiro atoms. The summed E-state index contributed by atoms with van der Waals surface area (Å²) in [5.74, 6) is 0.456. The first-order valence-corrected chi connectivity index (χ1v) is 5.93. The highest BCUT2D eigenvalue weighted by Crippen LogP contribution is 2.27. The van der Waals surface area contributed by atoms with Crippen molar-refractivity contribution in [2.75, 3.05) is 6.54 Å². The van der Waals surface area contributed by atoms with Gasteiger partial charge >= 0.3 is 6.01 Å². The lowest BCUT2D eigenvalue weighted by Gasteiger charge is -2.18. The van der Waals surface area contributed by atoms with E-state index in [1.54, 1.807) is 12.4 Å². The number of nitrogens with two attached hydrogens (primary N) is 1.